The van der Waals surface area contributed by atoms with Gasteiger partial charge in [-0.2, -0.15) is 0 Å². The molecule has 0 radical (unpaired) electrons. The first-order valence-corrected chi connectivity index (χ1v) is 13.5. The predicted octanol–water partition coefficient (Wildman–Crippen LogP) is 5.08. The average Bonchev–Trinajstić information content (AvgIpc) is 3.36. The van der Waals surface area contributed by atoms with Crippen LogP contribution in [0.1, 0.15) is 74.6 Å². The van der Waals surface area contributed by atoms with Crippen molar-refractivity contribution in [1.82, 2.24) is 14.8 Å². The van der Waals surface area contributed by atoms with Gasteiger partial charge in [-0.15, -0.1) is 0 Å². The van der Waals surface area contributed by atoms with E-state index in [0.717, 1.165) is 56.5 Å². The summed E-state index contributed by atoms with van der Waals surface area (Å²) in [7, 11) is 3.52. The molecule has 2 aliphatic rings. The van der Waals surface area contributed by atoms with Gasteiger partial charge in [-0.3, -0.25) is 9.69 Å². The van der Waals surface area contributed by atoms with E-state index in [0.29, 0.717) is 24.7 Å². The number of carboxylic acids is 1. The van der Waals surface area contributed by atoms with Crippen LogP contribution in [0.4, 0.5) is 10.2 Å². The van der Waals surface area contributed by atoms with Crippen LogP contribution in [0, 0.1) is 5.82 Å². The highest BCUT2D eigenvalue weighted by Gasteiger charge is 2.37. The number of unbranched alkanes of at least 4 members (excludes halogenated alkanes) is 1. The molecule has 4 rings (SSSR count). The summed E-state index contributed by atoms with van der Waals surface area (Å²) in [6, 6.07) is 7.21. The van der Waals surface area contributed by atoms with Gasteiger partial charge in [-0.25, -0.2) is 9.37 Å². The van der Waals surface area contributed by atoms with Crippen LogP contribution in [0.25, 0.3) is 0 Å². The van der Waals surface area contributed by atoms with Crippen molar-refractivity contribution in [1.29, 1.82) is 0 Å². The van der Waals surface area contributed by atoms with Crippen LogP contribution in [-0.4, -0.2) is 71.7 Å². The van der Waals surface area contributed by atoms with Crippen molar-refractivity contribution in [2.24, 2.45) is 0 Å². The Kier molecular flexibility index (Phi) is 9.03. The number of nitrogens with zero attached hydrogens (tertiary/aromatic N) is 3. The highest BCUT2D eigenvalue weighted by atomic mass is 19.1. The van der Waals surface area contributed by atoms with Crippen molar-refractivity contribution < 1.29 is 19.0 Å². The molecule has 1 aromatic heterocycles. The Morgan fingerprint density at radius 3 is 2.86 bits per heavy atom. The number of benzene rings is 1. The van der Waals surface area contributed by atoms with E-state index in [2.05, 4.69) is 28.3 Å². The van der Waals surface area contributed by atoms with Crippen LogP contribution in [-0.2, 0) is 11.2 Å². The molecule has 3 heterocycles. The molecule has 0 bridgehead atoms. The summed E-state index contributed by atoms with van der Waals surface area (Å²) in [6.07, 6.45) is 8.31. The molecule has 1 saturated heterocycles. The minimum Gasteiger partial charge on any atom is -0.493 e. The van der Waals surface area contributed by atoms with E-state index in [-0.39, 0.29) is 17.7 Å². The number of likely N-dealkylation sites (N-methyl/N-ethyl adjacent to an activating group) is 1. The standard InChI is InChI=1S/C29H41FN4O3/c1-19(2)21-16-24(27(37-4)25(30)17-21)26(29(35)36)34-15-12-23(18-34)33(3)14-6-5-9-22-11-10-20-8-7-13-31-28(20)32-22/h7-8,13,16-17,19,22-23,26H,5-6,9-12,14-15,18H2,1-4H3,(H,31,32)(H,35,36)/t22-,23-,26-/m1/s1. The molecule has 0 saturated carbocycles. The molecule has 202 valence electrons. The number of hydrogen-bond acceptors (Lipinski definition) is 6. The maximum absolute atomic E-state index is 14.8. The number of rotatable bonds is 11. The number of ether oxygens (including phenoxy) is 1. The van der Waals surface area contributed by atoms with E-state index in [1.165, 1.54) is 18.7 Å². The number of hydrogen-bond donors (Lipinski definition) is 2. The Bertz CT molecular complexity index is 1080. The van der Waals surface area contributed by atoms with Crippen LogP contribution in [0.5, 0.6) is 5.75 Å². The molecule has 2 aromatic rings. The molecular formula is C29H41FN4O3. The number of carboxylic acid groups (broad SMARTS) is 1. The van der Waals surface area contributed by atoms with Gasteiger partial charge >= 0.3 is 5.97 Å². The third-order valence-corrected chi connectivity index (χ3v) is 7.98. The summed E-state index contributed by atoms with van der Waals surface area (Å²) in [5, 5.41) is 13.8. The second-order valence-corrected chi connectivity index (χ2v) is 10.8. The van der Waals surface area contributed by atoms with E-state index in [1.807, 2.05) is 31.0 Å². The van der Waals surface area contributed by atoms with Gasteiger partial charge in [0.1, 0.15) is 11.9 Å². The number of carbonyl (C=O) groups is 1. The SMILES string of the molecule is COc1c(F)cc(C(C)C)cc1[C@H](C(=O)O)N1CC[C@@H](N(C)CCCC[C@@H]2CCc3cccnc3N2)C1. The molecule has 3 atom stereocenters. The number of anilines is 1. The normalized spacial score (nSPS) is 20.6. The predicted molar refractivity (Wildman–Crippen MR) is 144 cm³/mol. The first kappa shape index (κ1) is 27.3. The number of fused-ring (bicyclic) bond motifs is 1. The molecule has 8 heteroatoms. The number of pyridine rings is 1. The Labute approximate surface area is 220 Å². The Hall–Kier alpha value is -2.71. The highest BCUT2D eigenvalue weighted by Crippen LogP contribution is 2.37. The van der Waals surface area contributed by atoms with Gasteiger partial charge in [-0.05, 0) is 80.9 Å². The molecule has 0 aliphatic carbocycles. The van der Waals surface area contributed by atoms with Gasteiger partial charge in [-0.1, -0.05) is 26.3 Å². The summed E-state index contributed by atoms with van der Waals surface area (Å²) in [4.78, 5) is 21.2. The molecule has 7 nitrogen and oxygen atoms in total. The Balaban J connectivity index is 1.31. The second kappa shape index (κ2) is 12.2. The maximum Gasteiger partial charge on any atom is 0.325 e. The first-order chi connectivity index (χ1) is 17.8. The van der Waals surface area contributed by atoms with Gasteiger partial charge < -0.3 is 20.1 Å². The summed E-state index contributed by atoms with van der Waals surface area (Å²) >= 11 is 0. The lowest BCUT2D eigenvalue weighted by Crippen LogP contribution is -2.38. The van der Waals surface area contributed by atoms with Gasteiger partial charge in [0.25, 0.3) is 0 Å². The molecule has 0 amide bonds. The topological polar surface area (TPSA) is 77.9 Å². The van der Waals surface area contributed by atoms with Crippen molar-refractivity contribution in [3.63, 3.8) is 0 Å². The number of nitrogens with one attached hydrogen (secondary N) is 1. The van der Waals surface area contributed by atoms with Crippen LogP contribution in [0.3, 0.4) is 0 Å². The molecule has 0 spiro atoms. The van der Waals surface area contributed by atoms with Crippen LogP contribution >= 0.6 is 0 Å². The van der Waals surface area contributed by atoms with Gasteiger partial charge in [0, 0.05) is 36.9 Å². The molecule has 2 N–H and O–H groups in total. The van der Waals surface area contributed by atoms with Gasteiger partial charge in [0.05, 0.1) is 7.11 Å². The number of aliphatic carboxylic acids is 1. The number of aromatic nitrogens is 1. The zero-order valence-electron chi connectivity index (χ0n) is 22.5. The van der Waals surface area contributed by atoms with Crippen LogP contribution < -0.4 is 10.1 Å². The maximum atomic E-state index is 14.8. The van der Waals surface area contributed by atoms with Crippen molar-refractivity contribution in [3.05, 3.63) is 53.0 Å². The third-order valence-electron chi connectivity index (χ3n) is 7.98. The quantitative estimate of drug-likeness (QED) is 0.407. The zero-order chi connectivity index (χ0) is 26.5. The fraction of sp³-hybridized carbons (Fsp3) is 0.586. The monoisotopic (exact) mass is 512 g/mol. The summed E-state index contributed by atoms with van der Waals surface area (Å²) < 4.78 is 20.1. The fourth-order valence-electron chi connectivity index (χ4n) is 5.75. The molecular weight excluding hydrogens is 471 g/mol. The summed E-state index contributed by atoms with van der Waals surface area (Å²) in [5.41, 5.74) is 2.48. The lowest BCUT2D eigenvalue weighted by molar-refractivity contribution is -0.143. The summed E-state index contributed by atoms with van der Waals surface area (Å²) in [6.45, 7) is 6.21. The van der Waals surface area contributed by atoms with E-state index >= 15 is 0 Å². The van der Waals surface area contributed by atoms with Gasteiger partial charge in [0.2, 0.25) is 0 Å². The lowest BCUT2D eigenvalue weighted by atomic mass is 9.95. The molecule has 37 heavy (non-hydrogen) atoms. The van der Waals surface area contributed by atoms with Crippen LogP contribution in [0.2, 0.25) is 0 Å². The number of methoxy groups -OCH3 is 1. The number of aryl methyl sites for hydroxylation is 1. The highest BCUT2D eigenvalue weighted by molar-refractivity contribution is 5.77. The van der Waals surface area contributed by atoms with Crippen molar-refractivity contribution in [2.45, 2.75) is 76.4 Å². The fourth-order valence-corrected chi connectivity index (χ4v) is 5.75. The largest absolute Gasteiger partial charge is 0.493 e. The van der Waals surface area contributed by atoms with E-state index in [4.69, 9.17) is 4.74 Å². The second-order valence-electron chi connectivity index (χ2n) is 10.8. The molecule has 0 unspecified atom stereocenters. The molecule has 1 aromatic carbocycles. The van der Waals surface area contributed by atoms with Crippen molar-refractivity contribution >= 4 is 11.8 Å². The Morgan fingerprint density at radius 1 is 1.32 bits per heavy atom. The number of halogens is 1. The van der Waals surface area contributed by atoms with Crippen molar-refractivity contribution in [3.8, 4) is 5.75 Å². The Morgan fingerprint density at radius 2 is 2.14 bits per heavy atom. The molecule has 1 fully saturated rings. The average molecular weight is 513 g/mol. The number of likely N-dealkylation sites (tertiary alicyclic amines) is 1. The first-order valence-electron chi connectivity index (χ1n) is 13.5. The van der Waals surface area contributed by atoms with Crippen LogP contribution in [0.15, 0.2) is 30.5 Å². The third kappa shape index (κ3) is 6.41. The zero-order valence-corrected chi connectivity index (χ0v) is 22.5. The van der Waals surface area contributed by atoms with E-state index < -0.39 is 17.8 Å². The van der Waals surface area contributed by atoms with Gasteiger partial charge in [0.15, 0.2) is 11.6 Å². The minimum atomic E-state index is -0.974. The smallest absolute Gasteiger partial charge is 0.325 e. The molecule has 2 aliphatic heterocycles. The van der Waals surface area contributed by atoms with E-state index in [9.17, 15) is 14.3 Å². The van der Waals surface area contributed by atoms with E-state index in [1.54, 1.807) is 6.07 Å². The minimum absolute atomic E-state index is 0.0303. The lowest BCUT2D eigenvalue weighted by Gasteiger charge is -2.29. The summed E-state index contributed by atoms with van der Waals surface area (Å²) in [5.74, 6) is -0.332. The van der Waals surface area contributed by atoms with Crippen molar-refractivity contribution in [2.75, 3.05) is 39.1 Å².